The number of nitrogens with zero attached hydrogens (tertiary/aromatic N) is 2. The third-order valence-electron chi connectivity index (χ3n) is 3.22. The van der Waals surface area contributed by atoms with Crippen molar-refractivity contribution in [3.63, 3.8) is 0 Å². The van der Waals surface area contributed by atoms with Crippen molar-refractivity contribution in [2.45, 2.75) is 24.3 Å². The van der Waals surface area contributed by atoms with Crippen molar-refractivity contribution in [1.29, 1.82) is 0 Å². The molecule has 0 bridgehead atoms. The van der Waals surface area contributed by atoms with Gasteiger partial charge in [0.25, 0.3) is 0 Å². The van der Waals surface area contributed by atoms with Crippen LogP contribution in [-0.2, 0) is 16.4 Å². The molecule has 0 amide bonds. The van der Waals surface area contributed by atoms with Gasteiger partial charge in [0.05, 0.1) is 4.90 Å². The lowest BCUT2D eigenvalue weighted by molar-refractivity contribution is 0.580. The quantitative estimate of drug-likeness (QED) is 0.696. The van der Waals surface area contributed by atoms with Gasteiger partial charge in [0, 0.05) is 19.0 Å². The summed E-state index contributed by atoms with van der Waals surface area (Å²) in [4.78, 5) is 4.21. The molecule has 0 aliphatic heterocycles. The van der Waals surface area contributed by atoms with Crippen molar-refractivity contribution < 1.29 is 8.42 Å². The molecule has 1 aromatic carbocycles. The number of hydrogen-bond acceptors (Lipinski definition) is 5. The first-order valence-corrected chi connectivity index (χ1v) is 8.12. The molecule has 2 aromatic rings. The van der Waals surface area contributed by atoms with E-state index in [-0.39, 0.29) is 17.5 Å². The standard InChI is InChI=1S/C13H19N5O2S/c1-10(14-2)11-4-3-5-12(8-11)21(19,20)17-7-6-13-15-9-16-18-13/h3-5,8-10,14,17H,6-7H2,1-2H3,(H,15,16,18). The average molecular weight is 309 g/mol. The minimum Gasteiger partial charge on any atom is -0.313 e. The average Bonchev–Trinajstić information content (AvgIpc) is 2.99. The third kappa shape index (κ3) is 4.10. The monoisotopic (exact) mass is 309 g/mol. The van der Waals surface area contributed by atoms with Gasteiger partial charge in [-0.3, -0.25) is 5.10 Å². The van der Waals surface area contributed by atoms with Crippen molar-refractivity contribution in [2.75, 3.05) is 13.6 Å². The predicted molar refractivity (Wildman–Crippen MR) is 79.2 cm³/mol. The molecule has 1 heterocycles. The van der Waals surface area contributed by atoms with E-state index >= 15 is 0 Å². The van der Waals surface area contributed by atoms with E-state index < -0.39 is 10.0 Å². The Morgan fingerprint density at radius 3 is 2.86 bits per heavy atom. The summed E-state index contributed by atoms with van der Waals surface area (Å²) in [6.45, 7) is 2.24. The van der Waals surface area contributed by atoms with Gasteiger partial charge in [-0.15, -0.1) is 0 Å². The minimum absolute atomic E-state index is 0.0920. The zero-order valence-corrected chi connectivity index (χ0v) is 12.8. The molecule has 0 saturated carbocycles. The Labute approximate surface area is 124 Å². The van der Waals surface area contributed by atoms with E-state index in [9.17, 15) is 8.42 Å². The highest BCUT2D eigenvalue weighted by atomic mass is 32.2. The Bertz CT molecular complexity index is 670. The van der Waals surface area contributed by atoms with E-state index in [2.05, 4.69) is 25.2 Å². The second-order valence-electron chi connectivity index (χ2n) is 4.66. The molecule has 1 aromatic heterocycles. The molecule has 7 nitrogen and oxygen atoms in total. The van der Waals surface area contributed by atoms with Gasteiger partial charge < -0.3 is 5.32 Å². The number of benzene rings is 1. The van der Waals surface area contributed by atoms with E-state index in [1.165, 1.54) is 6.33 Å². The number of rotatable bonds is 7. The smallest absolute Gasteiger partial charge is 0.240 e. The number of sulfonamides is 1. The van der Waals surface area contributed by atoms with Crippen molar-refractivity contribution in [3.05, 3.63) is 42.0 Å². The second kappa shape index (κ2) is 6.79. The molecular formula is C13H19N5O2S. The zero-order valence-electron chi connectivity index (χ0n) is 12.0. The van der Waals surface area contributed by atoms with Gasteiger partial charge in [0.2, 0.25) is 10.0 Å². The summed E-state index contributed by atoms with van der Waals surface area (Å²) in [5.41, 5.74) is 0.926. The number of aromatic nitrogens is 3. The maximum absolute atomic E-state index is 12.2. The topological polar surface area (TPSA) is 99.8 Å². The summed E-state index contributed by atoms with van der Waals surface area (Å²) >= 11 is 0. The summed E-state index contributed by atoms with van der Waals surface area (Å²) in [6.07, 6.45) is 1.86. The Kier molecular flexibility index (Phi) is 5.05. The van der Waals surface area contributed by atoms with E-state index in [0.717, 1.165) is 5.56 Å². The lowest BCUT2D eigenvalue weighted by atomic mass is 10.1. The van der Waals surface area contributed by atoms with Crippen LogP contribution in [0.5, 0.6) is 0 Å². The first kappa shape index (κ1) is 15.6. The fourth-order valence-corrected chi connectivity index (χ4v) is 2.94. The molecule has 21 heavy (non-hydrogen) atoms. The lowest BCUT2D eigenvalue weighted by Crippen LogP contribution is -2.26. The molecule has 0 saturated heterocycles. The van der Waals surface area contributed by atoms with Gasteiger partial charge in [-0.2, -0.15) is 5.10 Å². The third-order valence-corrected chi connectivity index (χ3v) is 4.68. The summed E-state index contributed by atoms with van der Waals surface area (Å²) in [6, 6.07) is 7.00. The van der Waals surface area contributed by atoms with Crippen LogP contribution in [0.15, 0.2) is 35.5 Å². The summed E-state index contributed by atoms with van der Waals surface area (Å²) in [5, 5.41) is 9.49. The van der Waals surface area contributed by atoms with Gasteiger partial charge in [0.15, 0.2) is 0 Å². The van der Waals surface area contributed by atoms with Gasteiger partial charge in [-0.25, -0.2) is 18.1 Å². The number of H-pyrrole nitrogens is 1. The zero-order chi connectivity index (χ0) is 15.3. The molecule has 0 radical (unpaired) electrons. The molecule has 0 fully saturated rings. The van der Waals surface area contributed by atoms with Gasteiger partial charge in [0.1, 0.15) is 12.2 Å². The minimum atomic E-state index is -3.52. The molecular weight excluding hydrogens is 290 g/mol. The highest BCUT2D eigenvalue weighted by molar-refractivity contribution is 7.89. The van der Waals surface area contributed by atoms with Crippen LogP contribution in [0.25, 0.3) is 0 Å². The normalized spacial score (nSPS) is 13.2. The highest BCUT2D eigenvalue weighted by Crippen LogP contribution is 2.17. The van der Waals surface area contributed by atoms with Crippen LogP contribution in [-0.4, -0.2) is 37.2 Å². The Morgan fingerprint density at radius 2 is 2.19 bits per heavy atom. The summed E-state index contributed by atoms with van der Waals surface area (Å²) in [7, 11) is -1.68. The molecule has 8 heteroatoms. The van der Waals surface area contributed by atoms with E-state index in [4.69, 9.17) is 0 Å². The van der Waals surface area contributed by atoms with E-state index in [0.29, 0.717) is 12.2 Å². The van der Waals surface area contributed by atoms with Crippen LogP contribution in [0.2, 0.25) is 0 Å². The van der Waals surface area contributed by atoms with Crippen LogP contribution in [0, 0.1) is 0 Å². The molecule has 1 unspecified atom stereocenters. The van der Waals surface area contributed by atoms with Crippen LogP contribution in [0.4, 0.5) is 0 Å². The van der Waals surface area contributed by atoms with Crippen molar-refractivity contribution in [1.82, 2.24) is 25.2 Å². The van der Waals surface area contributed by atoms with Crippen molar-refractivity contribution in [2.24, 2.45) is 0 Å². The summed E-state index contributed by atoms with van der Waals surface area (Å²) < 4.78 is 27.1. The maximum atomic E-state index is 12.2. The maximum Gasteiger partial charge on any atom is 0.240 e. The molecule has 0 aliphatic rings. The Morgan fingerprint density at radius 1 is 1.38 bits per heavy atom. The molecule has 114 valence electrons. The van der Waals surface area contributed by atoms with Crippen LogP contribution >= 0.6 is 0 Å². The van der Waals surface area contributed by atoms with Gasteiger partial charge in [-0.1, -0.05) is 12.1 Å². The number of aromatic amines is 1. The van der Waals surface area contributed by atoms with Crippen LogP contribution in [0.3, 0.4) is 0 Å². The first-order valence-electron chi connectivity index (χ1n) is 6.64. The second-order valence-corrected chi connectivity index (χ2v) is 6.43. The predicted octanol–water partition coefficient (Wildman–Crippen LogP) is 0.606. The van der Waals surface area contributed by atoms with Crippen LogP contribution in [0.1, 0.15) is 24.4 Å². The highest BCUT2D eigenvalue weighted by Gasteiger charge is 2.15. The Balaban J connectivity index is 2.05. The lowest BCUT2D eigenvalue weighted by Gasteiger charge is -2.12. The Hall–Kier alpha value is -1.77. The molecule has 0 aliphatic carbocycles. The van der Waals surface area contributed by atoms with Gasteiger partial charge >= 0.3 is 0 Å². The van der Waals surface area contributed by atoms with E-state index in [1.807, 2.05) is 20.0 Å². The molecule has 2 rings (SSSR count). The number of hydrogen-bond donors (Lipinski definition) is 3. The van der Waals surface area contributed by atoms with Crippen LogP contribution < -0.4 is 10.0 Å². The van der Waals surface area contributed by atoms with Crippen molar-refractivity contribution >= 4 is 10.0 Å². The first-order chi connectivity index (χ1) is 10.0. The number of nitrogens with one attached hydrogen (secondary N) is 3. The van der Waals surface area contributed by atoms with Crippen molar-refractivity contribution in [3.8, 4) is 0 Å². The fraction of sp³-hybridized carbons (Fsp3) is 0.385. The van der Waals surface area contributed by atoms with E-state index in [1.54, 1.807) is 18.2 Å². The summed E-state index contributed by atoms with van der Waals surface area (Å²) in [5.74, 6) is 0.648. The molecule has 1 atom stereocenters. The molecule has 0 spiro atoms. The largest absolute Gasteiger partial charge is 0.313 e. The fourth-order valence-electron chi connectivity index (χ4n) is 1.86. The SMILES string of the molecule is CNC(C)c1cccc(S(=O)(=O)NCCc2ncn[nH]2)c1. The van der Waals surface area contributed by atoms with Gasteiger partial charge in [-0.05, 0) is 31.7 Å². The molecule has 3 N–H and O–H groups in total.